The van der Waals surface area contributed by atoms with Gasteiger partial charge in [0.1, 0.15) is 6.54 Å². The summed E-state index contributed by atoms with van der Waals surface area (Å²) in [7, 11) is 0. The summed E-state index contributed by atoms with van der Waals surface area (Å²) in [5, 5.41) is 3.28. The number of aryl methyl sites for hydroxylation is 1. The molecule has 1 amide bonds. The molecule has 2 aromatic heterocycles. The SMILES string of the molecule is Cc1cc(=O)n2nc(C(F)(F)F)nc2n1CC(=O)N(Cc1ccccc1)C(C)(C)C. The van der Waals surface area contributed by atoms with E-state index in [2.05, 4.69) is 10.1 Å². The van der Waals surface area contributed by atoms with E-state index in [9.17, 15) is 22.8 Å². The molecule has 1 aromatic carbocycles. The molecule has 2 heterocycles. The Hall–Kier alpha value is -3.17. The van der Waals surface area contributed by atoms with Gasteiger partial charge in [-0.25, -0.2) is 0 Å². The minimum atomic E-state index is -4.81. The first-order valence-electron chi connectivity index (χ1n) is 9.27. The fraction of sp³-hybridized carbons (Fsp3) is 0.400. The van der Waals surface area contributed by atoms with Gasteiger partial charge < -0.3 is 9.47 Å². The summed E-state index contributed by atoms with van der Waals surface area (Å²) in [5.41, 5.74) is -0.0490. The summed E-state index contributed by atoms with van der Waals surface area (Å²) < 4.78 is 41.0. The highest BCUT2D eigenvalue weighted by molar-refractivity contribution is 5.77. The van der Waals surface area contributed by atoms with Crippen LogP contribution in [0.4, 0.5) is 13.2 Å². The summed E-state index contributed by atoms with van der Waals surface area (Å²) in [6.45, 7) is 7.21. The maximum absolute atomic E-state index is 13.2. The number of benzene rings is 1. The molecule has 7 nitrogen and oxygen atoms in total. The molecule has 0 saturated carbocycles. The summed E-state index contributed by atoms with van der Waals surface area (Å²) in [5.74, 6) is -2.07. The van der Waals surface area contributed by atoms with E-state index in [1.807, 2.05) is 51.1 Å². The molecule has 0 N–H and O–H groups in total. The van der Waals surface area contributed by atoms with Crippen molar-refractivity contribution in [1.82, 2.24) is 24.1 Å². The predicted molar refractivity (Wildman–Crippen MR) is 104 cm³/mol. The van der Waals surface area contributed by atoms with Gasteiger partial charge >= 0.3 is 6.18 Å². The van der Waals surface area contributed by atoms with E-state index >= 15 is 0 Å². The van der Waals surface area contributed by atoms with E-state index in [0.717, 1.165) is 11.6 Å². The second-order valence-electron chi connectivity index (χ2n) is 7.99. The van der Waals surface area contributed by atoms with E-state index in [1.54, 1.807) is 4.90 Å². The third-order valence-electron chi connectivity index (χ3n) is 4.64. The summed E-state index contributed by atoms with van der Waals surface area (Å²) in [6, 6.07) is 10.5. The largest absolute Gasteiger partial charge is 0.453 e. The van der Waals surface area contributed by atoms with Crippen molar-refractivity contribution < 1.29 is 18.0 Å². The molecule has 10 heteroatoms. The molecular formula is C20H22F3N5O2. The lowest BCUT2D eigenvalue weighted by atomic mass is 10.0. The van der Waals surface area contributed by atoms with Crippen molar-refractivity contribution in [3.05, 3.63) is 63.8 Å². The normalized spacial score (nSPS) is 12.4. The van der Waals surface area contributed by atoms with Gasteiger partial charge in [-0.05, 0) is 33.3 Å². The number of hydrogen-bond acceptors (Lipinski definition) is 4. The number of nitrogens with zero attached hydrogens (tertiary/aromatic N) is 5. The Morgan fingerprint density at radius 3 is 2.33 bits per heavy atom. The van der Waals surface area contributed by atoms with Gasteiger partial charge in [-0.2, -0.15) is 22.7 Å². The quantitative estimate of drug-likeness (QED) is 0.649. The van der Waals surface area contributed by atoms with Crippen LogP contribution in [0.25, 0.3) is 5.78 Å². The fourth-order valence-corrected chi connectivity index (χ4v) is 3.10. The van der Waals surface area contributed by atoms with Crippen molar-refractivity contribution in [2.45, 2.75) is 52.5 Å². The monoisotopic (exact) mass is 421 g/mol. The number of carbonyl (C=O) groups is 1. The van der Waals surface area contributed by atoms with Gasteiger partial charge in [0.15, 0.2) is 0 Å². The molecule has 160 valence electrons. The van der Waals surface area contributed by atoms with Crippen LogP contribution in [0.3, 0.4) is 0 Å². The zero-order chi connectivity index (χ0) is 22.3. The van der Waals surface area contributed by atoms with Crippen LogP contribution in [0, 0.1) is 6.92 Å². The molecule has 0 fully saturated rings. The number of fused-ring (bicyclic) bond motifs is 1. The van der Waals surface area contributed by atoms with Gasteiger partial charge in [-0.1, -0.05) is 30.3 Å². The first-order valence-corrected chi connectivity index (χ1v) is 9.27. The predicted octanol–water partition coefficient (Wildman–Crippen LogP) is 3.05. The Morgan fingerprint density at radius 1 is 1.13 bits per heavy atom. The van der Waals surface area contributed by atoms with E-state index < -0.39 is 23.1 Å². The lowest BCUT2D eigenvalue weighted by Crippen LogP contribution is -2.46. The van der Waals surface area contributed by atoms with E-state index in [1.165, 1.54) is 11.5 Å². The lowest BCUT2D eigenvalue weighted by Gasteiger charge is -2.36. The van der Waals surface area contributed by atoms with Gasteiger partial charge in [-0.3, -0.25) is 9.59 Å². The Morgan fingerprint density at radius 2 is 1.77 bits per heavy atom. The molecule has 3 aromatic rings. The standard InChI is InChI=1S/C20H22F3N5O2/c1-13-10-15(29)28-18(24-17(25-28)20(21,22)23)26(13)12-16(30)27(19(2,3)4)11-14-8-6-5-7-9-14/h5-10H,11-12H2,1-4H3. The summed E-state index contributed by atoms with van der Waals surface area (Å²) in [4.78, 5) is 30.4. The van der Waals surface area contributed by atoms with Crippen molar-refractivity contribution in [3.63, 3.8) is 0 Å². The van der Waals surface area contributed by atoms with E-state index in [-0.39, 0.29) is 18.2 Å². The maximum Gasteiger partial charge on any atom is 0.453 e. The highest BCUT2D eigenvalue weighted by Gasteiger charge is 2.37. The molecule has 0 aliphatic heterocycles. The van der Waals surface area contributed by atoms with Crippen LogP contribution >= 0.6 is 0 Å². The minimum absolute atomic E-state index is 0.282. The molecule has 0 radical (unpaired) electrons. The third-order valence-corrected chi connectivity index (χ3v) is 4.64. The van der Waals surface area contributed by atoms with Crippen LogP contribution in [-0.4, -0.2) is 35.5 Å². The summed E-state index contributed by atoms with van der Waals surface area (Å²) in [6.07, 6.45) is -4.81. The molecule has 0 unspecified atom stereocenters. The van der Waals surface area contributed by atoms with Crippen LogP contribution in [-0.2, 0) is 24.1 Å². The zero-order valence-electron chi connectivity index (χ0n) is 17.1. The average Bonchev–Trinajstić information content (AvgIpc) is 3.09. The highest BCUT2D eigenvalue weighted by atomic mass is 19.4. The molecule has 0 saturated heterocycles. The molecule has 3 rings (SSSR count). The molecule has 0 bridgehead atoms. The Labute approximate surface area is 170 Å². The second kappa shape index (κ2) is 7.58. The Balaban J connectivity index is 2.02. The van der Waals surface area contributed by atoms with Crippen LogP contribution < -0.4 is 5.56 Å². The van der Waals surface area contributed by atoms with Crippen molar-refractivity contribution in [2.75, 3.05) is 0 Å². The van der Waals surface area contributed by atoms with Crippen LogP contribution in [0.1, 0.15) is 37.9 Å². The van der Waals surface area contributed by atoms with Gasteiger partial charge in [0, 0.05) is 23.8 Å². The summed E-state index contributed by atoms with van der Waals surface area (Å²) >= 11 is 0. The van der Waals surface area contributed by atoms with Crippen LogP contribution in [0.5, 0.6) is 0 Å². The zero-order valence-corrected chi connectivity index (χ0v) is 17.1. The first kappa shape index (κ1) is 21.5. The number of carbonyl (C=O) groups excluding carboxylic acids is 1. The highest BCUT2D eigenvalue weighted by Crippen LogP contribution is 2.26. The van der Waals surface area contributed by atoms with E-state index in [4.69, 9.17) is 0 Å². The van der Waals surface area contributed by atoms with Gasteiger partial charge in [-0.15, -0.1) is 5.10 Å². The lowest BCUT2D eigenvalue weighted by molar-refractivity contribution is -0.144. The molecule has 0 aliphatic rings. The second-order valence-corrected chi connectivity index (χ2v) is 7.99. The third kappa shape index (κ3) is 4.37. The van der Waals surface area contributed by atoms with E-state index in [0.29, 0.717) is 16.8 Å². The molecule has 0 atom stereocenters. The van der Waals surface area contributed by atoms with Crippen molar-refractivity contribution in [1.29, 1.82) is 0 Å². The number of hydrogen-bond donors (Lipinski definition) is 0. The number of alkyl halides is 3. The molecular weight excluding hydrogens is 399 g/mol. The Bertz CT molecular complexity index is 1130. The molecule has 0 spiro atoms. The number of halogens is 3. The average molecular weight is 421 g/mol. The fourth-order valence-electron chi connectivity index (χ4n) is 3.10. The minimum Gasteiger partial charge on any atom is -0.332 e. The number of rotatable bonds is 4. The van der Waals surface area contributed by atoms with Gasteiger partial charge in [0.25, 0.3) is 11.4 Å². The van der Waals surface area contributed by atoms with Crippen molar-refractivity contribution in [3.8, 4) is 0 Å². The van der Waals surface area contributed by atoms with Gasteiger partial charge in [0.05, 0.1) is 0 Å². The smallest absolute Gasteiger partial charge is 0.332 e. The molecule has 0 aliphatic carbocycles. The van der Waals surface area contributed by atoms with Crippen LogP contribution in [0.2, 0.25) is 0 Å². The number of aromatic nitrogens is 4. The first-order chi connectivity index (χ1) is 13.9. The van der Waals surface area contributed by atoms with Crippen LogP contribution in [0.15, 0.2) is 41.2 Å². The van der Waals surface area contributed by atoms with Gasteiger partial charge in [0.2, 0.25) is 11.7 Å². The van der Waals surface area contributed by atoms with Crippen molar-refractivity contribution >= 4 is 11.7 Å². The van der Waals surface area contributed by atoms with Crippen molar-refractivity contribution in [2.24, 2.45) is 0 Å². The number of amides is 1. The maximum atomic E-state index is 13.2. The Kier molecular flexibility index (Phi) is 5.44. The molecule has 30 heavy (non-hydrogen) atoms. The topological polar surface area (TPSA) is 72.5 Å².